The Morgan fingerprint density at radius 1 is 0.692 bits per heavy atom. The molecule has 2 amide bonds. The van der Waals surface area contributed by atoms with Crippen LogP contribution in [0.15, 0.2) is 34.5 Å². The van der Waals surface area contributed by atoms with Crippen molar-refractivity contribution in [3.63, 3.8) is 0 Å². The van der Waals surface area contributed by atoms with Crippen LogP contribution in [0.4, 0.5) is 40.3 Å². The largest absolute Gasteiger partial charge is 0.324 e. The van der Waals surface area contributed by atoms with E-state index in [1.54, 1.807) is 0 Å². The van der Waals surface area contributed by atoms with E-state index in [0.717, 1.165) is 38.1 Å². The Kier molecular flexibility index (Phi) is 5.65. The molecule has 0 aliphatic heterocycles. The Balaban J connectivity index is 2.33. The monoisotopic (exact) mass is 368 g/mol. The second-order valence-electron chi connectivity index (χ2n) is 5.08. The first-order valence-electron chi connectivity index (χ1n) is 7.13. The lowest BCUT2D eigenvalue weighted by molar-refractivity contribution is -0.115. The lowest BCUT2D eigenvalue weighted by Crippen LogP contribution is -2.08. The van der Waals surface area contributed by atoms with Crippen LogP contribution in [0.25, 0.3) is 0 Å². The Morgan fingerprint density at radius 2 is 1.04 bits per heavy atom. The number of carbonyl (C=O) groups excluding carboxylic acids is 2. The first-order valence-corrected chi connectivity index (χ1v) is 7.13. The number of anilines is 2. The number of carbonyl (C=O) groups is 2. The van der Waals surface area contributed by atoms with E-state index in [1.807, 2.05) is 0 Å². The van der Waals surface area contributed by atoms with Crippen molar-refractivity contribution in [2.24, 2.45) is 10.2 Å². The highest BCUT2D eigenvalue weighted by Crippen LogP contribution is 2.30. The van der Waals surface area contributed by atoms with E-state index in [9.17, 15) is 27.2 Å². The van der Waals surface area contributed by atoms with Crippen molar-refractivity contribution in [2.75, 3.05) is 10.6 Å². The van der Waals surface area contributed by atoms with Gasteiger partial charge in [-0.2, -0.15) is 0 Å². The van der Waals surface area contributed by atoms with Gasteiger partial charge in [0, 0.05) is 13.8 Å². The van der Waals surface area contributed by atoms with Crippen LogP contribution in [0.5, 0.6) is 0 Å². The van der Waals surface area contributed by atoms with Gasteiger partial charge in [0.25, 0.3) is 0 Å². The average Bonchev–Trinajstić information content (AvgIpc) is 2.56. The number of hydrogen-bond acceptors (Lipinski definition) is 4. The molecule has 136 valence electrons. The van der Waals surface area contributed by atoms with Crippen molar-refractivity contribution in [1.82, 2.24) is 0 Å². The highest BCUT2D eigenvalue weighted by molar-refractivity contribution is 5.89. The summed E-state index contributed by atoms with van der Waals surface area (Å²) in [6.45, 7) is 2.24. The maximum Gasteiger partial charge on any atom is 0.221 e. The van der Waals surface area contributed by atoms with Crippen molar-refractivity contribution in [1.29, 1.82) is 0 Å². The molecule has 26 heavy (non-hydrogen) atoms. The fraction of sp³-hybridized carbons (Fsp3) is 0.125. The quantitative estimate of drug-likeness (QED) is 0.612. The normalized spacial score (nSPS) is 10.8. The molecule has 0 unspecified atom stereocenters. The fourth-order valence-electron chi connectivity index (χ4n) is 1.91. The summed E-state index contributed by atoms with van der Waals surface area (Å²) in [4.78, 5) is 21.8. The van der Waals surface area contributed by atoms with Crippen LogP contribution >= 0.6 is 0 Å². The highest BCUT2D eigenvalue weighted by atomic mass is 19.2. The summed E-state index contributed by atoms with van der Waals surface area (Å²) in [6, 6.07) is 4.11. The van der Waals surface area contributed by atoms with Gasteiger partial charge in [-0.05, 0) is 24.3 Å². The Morgan fingerprint density at radius 3 is 1.35 bits per heavy atom. The summed E-state index contributed by atoms with van der Waals surface area (Å²) in [5, 5.41) is 10.9. The predicted molar refractivity (Wildman–Crippen MR) is 85.5 cm³/mol. The number of rotatable bonds is 4. The van der Waals surface area contributed by atoms with Gasteiger partial charge in [0.1, 0.15) is 11.4 Å². The van der Waals surface area contributed by atoms with E-state index in [2.05, 4.69) is 20.9 Å². The first-order chi connectivity index (χ1) is 12.2. The second kappa shape index (κ2) is 7.72. The summed E-state index contributed by atoms with van der Waals surface area (Å²) in [6.07, 6.45) is 0. The van der Waals surface area contributed by atoms with Gasteiger partial charge in [-0.15, -0.1) is 10.2 Å². The molecule has 0 heterocycles. The third kappa shape index (κ3) is 4.21. The van der Waals surface area contributed by atoms with Gasteiger partial charge in [-0.25, -0.2) is 17.6 Å². The molecular weight excluding hydrogens is 356 g/mol. The number of nitrogens with one attached hydrogen (secondary N) is 2. The van der Waals surface area contributed by atoms with E-state index in [1.165, 1.54) is 0 Å². The minimum absolute atomic E-state index is 0.397. The van der Waals surface area contributed by atoms with Crippen LogP contribution in [0, 0.1) is 23.3 Å². The van der Waals surface area contributed by atoms with E-state index in [4.69, 9.17) is 0 Å². The lowest BCUT2D eigenvalue weighted by atomic mass is 10.2. The molecule has 0 saturated heterocycles. The highest BCUT2D eigenvalue weighted by Gasteiger charge is 2.16. The van der Waals surface area contributed by atoms with Gasteiger partial charge in [0.2, 0.25) is 11.8 Å². The standard InChI is InChI=1S/C16H12F4N4O2/c1-7(25)21-9-3-5-11(15(19)13(9)17)23-24-12-6-4-10(22-8(2)26)14(18)16(12)20/h3-6H,1-2H3,(H,21,25)(H,22,26)/b24-23+. The number of azo groups is 1. The smallest absolute Gasteiger partial charge is 0.221 e. The molecule has 6 nitrogen and oxygen atoms in total. The molecule has 0 spiro atoms. The number of amides is 2. The SMILES string of the molecule is CC(=O)Nc1ccc(/N=N/c2ccc(NC(C)=O)c(F)c2F)c(F)c1F. The predicted octanol–water partition coefficient (Wildman–Crippen LogP) is 4.58. The summed E-state index contributed by atoms with van der Waals surface area (Å²) >= 11 is 0. The second-order valence-corrected chi connectivity index (χ2v) is 5.08. The molecule has 10 heteroatoms. The van der Waals surface area contributed by atoms with Gasteiger partial charge < -0.3 is 10.6 Å². The van der Waals surface area contributed by atoms with Crippen molar-refractivity contribution in [3.05, 3.63) is 47.5 Å². The number of nitrogens with zero attached hydrogens (tertiary/aromatic N) is 2. The molecule has 2 aromatic carbocycles. The molecular formula is C16H12F4N4O2. The van der Waals surface area contributed by atoms with Gasteiger partial charge in [0.05, 0.1) is 11.4 Å². The summed E-state index contributed by atoms with van der Waals surface area (Å²) in [5.41, 5.74) is -1.96. The average molecular weight is 368 g/mol. The third-order valence-electron chi connectivity index (χ3n) is 3.01. The summed E-state index contributed by atoms with van der Waals surface area (Å²) < 4.78 is 55.4. The number of benzene rings is 2. The zero-order valence-corrected chi connectivity index (χ0v) is 13.5. The minimum Gasteiger partial charge on any atom is -0.324 e. The van der Waals surface area contributed by atoms with Crippen LogP contribution in [-0.4, -0.2) is 11.8 Å². The van der Waals surface area contributed by atoms with Gasteiger partial charge in [-0.3, -0.25) is 9.59 Å². The van der Waals surface area contributed by atoms with Crippen molar-refractivity contribution < 1.29 is 27.2 Å². The Labute approximate surface area is 144 Å². The molecule has 2 aromatic rings. The Bertz CT molecular complexity index is 842. The minimum atomic E-state index is -1.42. The molecule has 0 aromatic heterocycles. The zero-order valence-electron chi connectivity index (χ0n) is 13.5. The fourth-order valence-corrected chi connectivity index (χ4v) is 1.91. The van der Waals surface area contributed by atoms with Crippen LogP contribution in [0.1, 0.15) is 13.8 Å². The Hall–Kier alpha value is -3.30. The van der Waals surface area contributed by atoms with Crippen LogP contribution in [0.2, 0.25) is 0 Å². The molecule has 2 rings (SSSR count). The topological polar surface area (TPSA) is 82.9 Å². The summed E-state index contributed by atoms with van der Waals surface area (Å²) in [7, 11) is 0. The zero-order chi connectivity index (χ0) is 19.4. The van der Waals surface area contributed by atoms with E-state index in [-0.39, 0.29) is 0 Å². The van der Waals surface area contributed by atoms with E-state index >= 15 is 0 Å². The molecule has 0 bridgehead atoms. The maximum absolute atomic E-state index is 13.9. The van der Waals surface area contributed by atoms with Crippen LogP contribution in [-0.2, 0) is 9.59 Å². The van der Waals surface area contributed by atoms with E-state index in [0.29, 0.717) is 0 Å². The van der Waals surface area contributed by atoms with Crippen molar-refractivity contribution >= 4 is 34.6 Å². The molecule has 2 N–H and O–H groups in total. The van der Waals surface area contributed by atoms with E-state index < -0.39 is 57.8 Å². The number of halogens is 4. The molecule has 0 radical (unpaired) electrons. The lowest BCUT2D eigenvalue weighted by Gasteiger charge is -2.06. The molecule has 0 atom stereocenters. The van der Waals surface area contributed by atoms with Gasteiger partial charge >= 0.3 is 0 Å². The number of hydrogen-bond donors (Lipinski definition) is 2. The van der Waals surface area contributed by atoms with Crippen molar-refractivity contribution in [2.45, 2.75) is 13.8 Å². The third-order valence-corrected chi connectivity index (χ3v) is 3.01. The molecule has 0 aliphatic carbocycles. The summed E-state index contributed by atoms with van der Waals surface area (Å²) in [5.74, 6) is -6.79. The first kappa shape index (κ1) is 19.0. The van der Waals surface area contributed by atoms with Gasteiger partial charge in [-0.1, -0.05) is 0 Å². The molecule has 0 aliphatic rings. The van der Waals surface area contributed by atoms with Crippen LogP contribution < -0.4 is 10.6 Å². The van der Waals surface area contributed by atoms with Crippen LogP contribution in [0.3, 0.4) is 0 Å². The van der Waals surface area contributed by atoms with Gasteiger partial charge in [0.15, 0.2) is 23.3 Å². The molecule has 0 fully saturated rings. The molecule has 0 saturated carbocycles. The maximum atomic E-state index is 13.9. The van der Waals surface area contributed by atoms with Crippen molar-refractivity contribution in [3.8, 4) is 0 Å².